The van der Waals surface area contributed by atoms with Crippen molar-refractivity contribution >= 4 is 5.91 Å². The van der Waals surface area contributed by atoms with E-state index in [1.807, 2.05) is 6.92 Å². The number of nitrogens with one attached hydrogen (secondary N) is 2. The lowest BCUT2D eigenvalue weighted by Gasteiger charge is -2.33. The highest BCUT2D eigenvalue weighted by Crippen LogP contribution is 2.17. The van der Waals surface area contributed by atoms with Crippen LogP contribution in [0.2, 0.25) is 0 Å². The Morgan fingerprint density at radius 3 is 3.05 bits per heavy atom. The van der Waals surface area contributed by atoms with E-state index in [-0.39, 0.29) is 5.91 Å². The summed E-state index contributed by atoms with van der Waals surface area (Å²) >= 11 is 0. The van der Waals surface area contributed by atoms with Crippen molar-refractivity contribution in [2.24, 2.45) is 11.8 Å². The van der Waals surface area contributed by atoms with E-state index in [0.717, 1.165) is 25.3 Å². The number of rotatable bonds is 5. The number of aromatic amines is 1. The first kappa shape index (κ1) is 15.0. The van der Waals surface area contributed by atoms with Gasteiger partial charge in [-0.1, -0.05) is 13.8 Å². The molecule has 2 N–H and O–H groups in total. The second-order valence-corrected chi connectivity index (χ2v) is 6.31. The molecule has 1 saturated heterocycles. The molecule has 0 unspecified atom stereocenters. The van der Waals surface area contributed by atoms with E-state index in [0.29, 0.717) is 17.5 Å². The highest BCUT2D eigenvalue weighted by Gasteiger charge is 2.21. The van der Waals surface area contributed by atoms with Gasteiger partial charge in [0.15, 0.2) is 0 Å². The fourth-order valence-corrected chi connectivity index (χ4v) is 2.86. The van der Waals surface area contributed by atoms with Crippen LogP contribution in [0.5, 0.6) is 0 Å². The minimum Gasteiger partial charge on any atom is -0.350 e. The maximum absolute atomic E-state index is 12.0. The Bertz CT molecular complexity index is 441. The molecule has 1 aliphatic heterocycles. The predicted octanol–water partition coefficient (Wildman–Crippen LogP) is 1.82. The number of carbonyl (C=O) groups excluding carboxylic acids is 1. The molecule has 5 heteroatoms. The molecule has 1 fully saturated rings. The minimum absolute atomic E-state index is 0.0738. The van der Waals surface area contributed by atoms with E-state index in [4.69, 9.17) is 0 Å². The Morgan fingerprint density at radius 2 is 2.40 bits per heavy atom. The second-order valence-electron chi connectivity index (χ2n) is 6.31. The quantitative estimate of drug-likeness (QED) is 0.863. The van der Waals surface area contributed by atoms with Crippen LogP contribution in [0.3, 0.4) is 0 Å². The van der Waals surface area contributed by atoms with Crippen molar-refractivity contribution in [3.05, 3.63) is 17.5 Å². The number of H-pyrrole nitrogens is 1. The zero-order valence-electron chi connectivity index (χ0n) is 12.8. The van der Waals surface area contributed by atoms with Gasteiger partial charge in [0.05, 0.1) is 0 Å². The van der Waals surface area contributed by atoms with Crippen molar-refractivity contribution in [2.75, 3.05) is 26.2 Å². The van der Waals surface area contributed by atoms with E-state index in [1.54, 1.807) is 6.07 Å². The molecule has 1 aromatic heterocycles. The molecule has 0 bridgehead atoms. The van der Waals surface area contributed by atoms with Gasteiger partial charge in [-0.3, -0.25) is 9.89 Å². The average Bonchev–Trinajstić information content (AvgIpc) is 2.82. The summed E-state index contributed by atoms with van der Waals surface area (Å²) in [6, 6.07) is 1.78. The summed E-state index contributed by atoms with van der Waals surface area (Å²) in [5.41, 5.74) is 1.40. The summed E-state index contributed by atoms with van der Waals surface area (Å²) in [4.78, 5) is 14.5. The summed E-state index contributed by atoms with van der Waals surface area (Å²) in [5.74, 6) is 1.19. The third-order valence-electron chi connectivity index (χ3n) is 3.72. The van der Waals surface area contributed by atoms with Crippen molar-refractivity contribution in [2.45, 2.75) is 33.6 Å². The van der Waals surface area contributed by atoms with Gasteiger partial charge in [0.2, 0.25) is 0 Å². The summed E-state index contributed by atoms with van der Waals surface area (Å²) in [6.45, 7) is 10.6. The van der Waals surface area contributed by atoms with Crippen LogP contribution in [0.15, 0.2) is 6.07 Å². The van der Waals surface area contributed by atoms with Crippen LogP contribution >= 0.6 is 0 Å². The van der Waals surface area contributed by atoms with Gasteiger partial charge in [0.1, 0.15) is 5.69 Å². The molecule has 2 rings (SSSR count). The Labute approximate surface area is 121 Å². The lowest BCUT2D eigenvalue weighted by Crippen LogP contribution is -2.42. The third kappa shape index (κ3) is 4.34. The molecular weight excluding hydrogens is 252 g/mol. The maximum atomic E-state index is 12.0. The molecule has 0 radical (unpaired) electrons. The number of hydrogen-bond acceptors (Lipinski definition) is 3. The zero-order valence-corrected chi connectivity index (χ0v) is 12.8. The van der Waals surface area contributed by atoms with Gasteiger partial charge >= 0.3 is 0 Å². The number of carbonyl (C=O) groups is 1. The first-order valence-electron chi connectivity index (χ1n) is 7.57. The number of hydrogen-bond donors (Lipinski definition) is 2. The lowest BCUT2D eigenvalue weighted by molar-refractivity contribution is 0.0924. The molecule has 20 heavy (non-hydrogen) atoms. The van der Waals surface area contributed by atoms with E-state index in [1.165, 1.54) is 19.4 Å². The molecule has 0 saturated carbocycles. The molecule has 1 atom stereocenters. The predicted molar refractivity (Wildman–Crippen MR) is 79.7 cm³/mol. The van der Waals surface area contributed by atoms with Crippen molar-refractivity contribution < 1.29 is 4.79 Å². The molecule has 0 aliphatic carbocycles. The van der Waals surface area contributed by atoms with Crippen LogP contribution < -0.4 is 5.32 Å². The molecule has 1 aromatic rings. The molecule has 2 heterocycles. The Morgan fingerprint density at radius 1 is 1.60 bits per heavy atom. The van der Waals surface area contributed by atoms with E-state index in [2.05, 4.69) is 34.3 Å². The number of aryl methyl sites for hydroxylation is 1. The smallest absolute Gasteiger partial charge is 0.271 e. The largest absolute Gasteiger partial charge is 0.350 e. The second kappa shape index (κ2) is 6.88. The molecule has 112 valence electrons. The van der Waals surface area contributed by atoms with Crippen LogP contribution in [-0.2, 0) is 0 Å². The van der Waals surface area contributed by atoms with E-state index >= 15 is 0 Å². The molecule has 5 nitrogen and oxygen atoms in total. The van der Waals surface area contributed by atoms with E-state index in [9.17, 15) is 4.79 Å². The average molecular weight is 278 g/mol. The topological polar surface area (TPSA) is 61.0 Å². The van der Waals surface area contributed by atoms with Crippen LogP contribution in [0, 0.1) is 18.8 Å². The van der Waals surface area contributed by atoms with Gasteiger partial charge in [0, 0.05) is 25.3 Å². The lowest BCUT2D eigenvalue weighted by atomic mass is 9.97. The summed E-state index contributed by atoms with van der Waals surface area (Å²) < 4.78 is 0. The summed E-state index contributed by atoms with van der Waals surface area (Å²) in [7, 11) is 0. The van der Waals surface area contributed by atoms with Gasteiger partial charge in [-0.25, -0.2) is 0 Å². The van der Waals surface area contributed by atoms with Gasteiger partial charge < -0.3 is 10.2 Å². The van der Waals surface area contributed by atoms with Crippen LogP contribution in [-0.4, -0.2) is 47.2 Å². The SMILES string of the molecule is Cc1cc(C(=O)NC[C@@H]2CCCN(CC(C)C)C2)n[nH]1. The number of nitrogens with zero attached hydrogens (tertiary/aromatic N) is 2. The van der Waals surface area contributed by atoms with Crippen molar-refractivity contribution in [3.8, 4) is 0 Å². The first-order valence-corrected chi connectivity index (χ1v) is 7.57. The van der Waals surface area contributed by atoms with Crippen molar-refractivity contribution in [3.63, 3.8) is 0 Å². The molecule has 1 amide bonds. The first-order chi connectivity index (χ1) is 9.54. The van der Waals surface area contributed by atoms with Gasteiger partial charge in [-0.2, -0.15) is 5.10 Å². The van der Waals surface area contributed by atoms with Crippen molar-refractivity contribution in [1.82, 2.24) is 20.4 Å². The number of amides is 1. The highest BCUT2D eigenvalue weighted by atomic mass is 16.1. The molecular formula is C15H26N4O. The van der Waals surface area contributed by atoms with Gasteiger partial charge in [-0.15, -0.1) is 0 Å². The molecule has 0 spiro atoms. The number of piperidine rings is 1. The summed E-state index contributed by atoms with van der Waals surface area (Å²) in [6.07, 6.45) is 2.43. The molecule has 1 aliphatic rings. The third-order valence-corrected chi connectivity index (χ3v) is 3.72. The van der Waals surface area contributed by atoms with Crippen LogP contribution in [0.4, 0.5) is 0 Å². The zero-order chi connectivity index (χ0) is 14.5. The highest BCUT2D eigenvalue weighted by molar-refractivity contribution is 5.92. The Balaban J connectivity index is 1.77. The maximum Gasteiger partial charge on any atom is 0.271 e. The number of aromatic nitrogens is 2. The van der Waals surface area contributed by atoms with Crippen LogP contribution in [0.1, 0.15) is 42.9 Å². The fraction of sp³-hybridized carbons (Fsp3) is 0.733. The number of likely N-dealkylation sites (tertiary alicyclic amines) is 1. The molecule has 0 aromatic carbocycles. The standard InChI is InChI=1S/C15H26N4O/c1-11(2)9-19-6-4-5-13(10-19)8-16-15(20)14-7-12(3)17-18-14/h7,11,13H,4-6,8-10H2,1-3H3,(H,16,20)(H,17,18)/t13-/m0/s1. The monoisotopic (exact) mass is 278 g/mol. The van der Waals surface area contributed by atoms with E-state index < -0.39 is 0 Å². The fourth-order valence-electron chi connectivity index (χ4n) is 2.86. The Kier molecular flexibility index (Phi) is 5.17. The van der Waals surface area contributed by atoms with Gasteiger partial charge in [0.25, 0.3) is 5.91 Å². The minimum atomic E-state index is -0.0738. The van der Waals surface area contributed by atoms with Crippen molar-refractivity contribution in [1.29, 1.82) is 0 Å². The Hall–Kier alpha value is -1.36. The normalized spacial score (nSPS) is 20.3. The van der Waals surface area contributed by atoms with Gasteiger partial charge in [-0.05, 0) is 44.2 Å². The van der Waals surface area contributed by atoms with Crippen LogP contribution in [0.25, 0.3) is 0 Å². The summed E-state index contributed by atoms with van der Waals surface area (Å²) in [5, 5.41) is 9.79.